The molecule has 1 amide bonds. The van der Waals surface area contributed by atoms with Gasteiger partial charge in [0.1, 0.15) is 6.61 Å². The molecule has 0 saturated heterocycles. The molecular weight excluding hydrogens is 222 g/mol. The van der Waals surface area contributed by atoms with Crippen molar-refractivity contribution in [2.75, 3.05) is 13.2 Å². The lowest BCUT2D eigenvalue weighted by molar-refractivity contribution is 0.0880. The minimum atomic E-state index is -0.939. The summed E-state index contributed by atoms with van der Waals surface area (Å²) in [5, 5.41) is 13.0. The number of rotatable bonds is 4. The number of hydrogen-bond acceptors (Lipinski definition) is 3. The fraction of sp³-hybridized carbons (Fsp3) is 0.636. The highest BCUT2D eigenvalue weighted by atomic mass is 16.5. The summed E-state index contributed by atoms with van der Waals surface area (Å²) in [6, 6.07) is 1.74. The second-order valence-electron chi connectivity index (χ2n) is 4.75. The lowest BCUT2D eigenvalue weighted by Gasteiger charge is -2.32. The molecule has 0 radical (unpaired) electrons. The molecule has 0 aliphatic carbocycles. The molecule has 17 heavy (non-hydrogen) atoms. The maximum absolute atomic E-state index is 11.1. The predicted molar refractivity (Wildman–Crippen MR) is 63.2 cm³/mol. The number of ether oxygens (including phenoxy) is 1. The van der Waals surface area contributed by atoms with E-state index >= 15 is 0 Å². The van der Waals surface area contributed by atoms with Crippen LogP contribution in [0, 0.1) is 0 Å². The van der Waals surface area contributed by atoms with Crippen LogP contribution in [0.4, 0.5) is 4.79 Å². The second-order valence-corrected chi connectivity index (χ2v) is 4.75. The van der Waals surface area contributed by atoms with Crippen molar-refractivity contribution in [3.8, 4) is 5.88 Å². The van der Waals surface area contributed by atoms with E-state index in [9.17, 15) is 4.79 Å². The number of aromatic nitrogens is 2. The monoisotopic (exact) mass is 241 g/mol. The third-order valence-corrected chi connectivity index (χ3v) is 2.38. The van der Waals surface area contributed by atoms with Crippen molar-refractivity contribution in [1.29, 1.82) is 0 Å². The minimum absolute atomic E-state index is 0.309. The number of amides is 1. The maximum atomic E-state index is 11.1. The molecular formula is C11H19N3O3. The zero-order valence-corrected chi connectivity index (χ0v) is 10.7. The van der Waals surface area contributed by atoms with Gasteiger partial charge in [-0.05, 0) is 20.8 Å². The molecule has 0 aliphatic heterocycles. The molecule has 0 fully saturated rings. The van der Waals surface area contributed by atoms with Gasteiger partial charge in [-0.2, -0.15) is 5.10 Å². The molecule has 0 saturated carbocycles. The van der Waals surface area contributed by atoms with E-state index in [1.54, 1.807) is 24.0 Å². The zero-order chi connectivity index (χ0) is 13.1. The minimum Gasteiger partial charge on any atom is -0.476 e. The normalized spacial score (nSPS) is 11.3. The van der Waals surface area contributed by atoms with E-state index < -0.39 is 11.6 Å². The van der Waals surface area contributed by atoms with Crippen molar-refractivity contribution in [3.05, 3.63) is 12.3 Å². The fourth-order valence-corrected chi connectivity index (χ4v) is 1.46. The van der Waals surface area contributed by atoms with Crippen LogP contribution in [0.1, 0.15) is 20.8 Å². The third-order valence-electron chi connectivity index (χ3n) is 2.38. The van der Waals surface area contributed by atoms with Crippen molar-refractivity contribution in [2.45, 2.75) is 26.3 Å². The molecule has 96 valence electrons. The number of carboxylic acid groups (broad SMARTS) is 1. The van der Waals surface area contributed by atoms with Crippen LogP contribution in [0.3, 0.4) is 0 Å². The molecule has 6 heteroatoms. The molecule has 0 aliphatic rings. The second kappa shape index (κ2) is 5.07. The van der Waals surface area contributed by atoms with Crippen LogP contribution in [0.15, 0.2) is 12.3 Å². The van der Waals surface area contributed by atoms with Crippen molar-refractivity contribution < 1.29 is 14.6 Å². The Labute approximate surface area is 101 Å². The van der Waals surface area contributed by atoms with Gasteiger partial charge in [0.15, 0.2) is 0 Å². The largest absolute Gasteiger partial charge is 0.476 e. The van der Waals surface area contributed by atoms with Crippen molar-refractivity contribution >= 4 is 6.09 Å². The van der Waals surface area contributed by atoms with Crippen molar-refractivity contribution in [3.63, 3.8) is 0 Å². The van der Waals surface area contributed by atoms with Gasteiger partial charge in [-0.15, -0.1) is 0 Å². The topological polar surface area (TPSA) is 67.6 Å². The van der Waals surface area contributed by atoms with E-state index in [2.05, 4.69) is 5.10 Å². The summed E-state index contributed by atoms with van der Waals surface area (Å²) in [7, 11) is 1.77. The Hall–Kier alpha value is -1.72. The molecule has 1 N–H and O–H groups in total. The van der Waals surface area contributed by atoms with Crippen LogP contribution in [-0.4, -0.2) is 44.6 Å². The summed E-state index contributed by atoms with van der Waals surface area (Å²) >= 11 is 0. The standard InChI is InChI=1S/C11H19N3O3/c1-11(2,3)14(10(15)16)7-8-17-9-5-6-12-13(9)4/h5-6H,7-8H2,1-4H3,(H,15,16). The van der Waals surface area contributed by atoms with Crippen LogP contribution in [0.25, 0.3) is 0 Å². The summed E-state index contributed by atoms with van der Waals surface area (Å²) in [4.78, 5) is 12.4. The van der Waals surface area contributed by atoms with E-state index in [4.69, 9.17) is 9.84 Å². The summed E-state index contributed by atoms with van der Waals surface area (Å²) in [5.74, 6) is 0.629. The van der Waals surface area contributed by atoms with Crippen LogP contribution >= 0.6 is 0 Å². The summed E-state index contributed by atoms with van der Waals surface area (Å²) in [6.07, 6.45) is 0.694. The highest BCUT2D eigenvalue weighted by Gasteiger charge is 2.25. The quantitative estimate of drug-likeness (QED) is 0.869. The number of carbonyl (C=O) groups is 1. The van der Waals surface area contributed by atoms with E-state index in [0.717, 1.165) is 0 Å². The zero-order valence-electron chi connectivity index (χ0n) is 10.7. The van der Waals surface area contributed by atoms with Gasteiger partial charge in [0, 0.05) is 18.7 Å². The lowest BCUT2D eigenvalue weighted by Crippen LogP contribution is -2.46. The Morgan fingerprint density at radius 2 is 2.24 bits per heavy atom. The Morgan fingerprint density at radius 3 is 2.65 bits per heavy atom. The van der Waals surface area contributed by atoms with Gasteiger partial charge in [-0.3, -0.25) is 0 Å². The molecule has 0 bridgehead atoms. The van der Waals surface area contributed by atoms with E-state index in [-0.39, 0.29) is 0 Å². The molecule has 1 heterocycles. The van der Waals surface area contributed by atoms with Crippen LogP contribution in [0.2, 0.25) is 0 Å². The molecule has 0 atom stereocenters. The van der Waals surface area contributed by atoms with Gasteiger partial charge in [0.2, 0.25) is 5.88 Å². The Balaban J connectivity index is 2.49. The smallest absolute Gasteiger partial charge is 0.407 e. The molecule has 6 nitrogen and oxygen atoms in total. The summed E-state index contributed by atoms with van der Waals surface area (Å²) < 4.78 is 7.05. The first-order valence-corrected chi connectivity index (χ1v) is 5.43. The van der Waals surface area contributed by atoms with E-state index in [1.165, 1.54) is 4.90 Å². The predicted octanol–water partition coefficient (Wildman–Crippen LogP) is 1.58. The molecule has 1 aromatic heterocycles. The number of aryl methyl sites for hydroxylation is 1. The van der Waals surface area contributed by atoms with Crippen molar-refractivity contribution in [2.24, 2.45) is 7.05 Å². The van der Waals surface area contributed by atoms with Crippen LogP contribution in [0.5, 0.6) is 5.88 Å². The maximum Gasteiger partial charge on any atom is 0.407 e. The van der Waals surface area contributed by atoms with Gasteiger partial charge in [0.05, 0.1) is 12.7 Å². The average molecular weight is 241 g/mol. The number of hydrogen-bond donors (Lipinski definition) is 1. The highest BCUT2D eigenvalue weighted by molar-refractivity contribution is 5.65. The first-order chi connectivity index (χ1) is 7.82. The molecule has 1 rings (SSSR count). The van der Waals surface area contributed by atoms with Gasteiger partial charge < -0.3 is 14.7 Å². The average Bonchev–Trinajstić information content (AvgIpc) is 2.56. The highest BCUT2D eigenvalue weighted by Crippen LogP contribution is 2.13. The third kappa shape index (κ3) is 3.65. The van der Waals surface area contributed by atoms with Gasteiger partial charge >= 0.3 is 6.09 Å². The Bertz CT molecular complexity index is 382. The van der Waals surface area contributed by atoms with Gasteiger partial charge in [-0.25, -0.2) is 9.48 Å². The van der Waals surface area contributed by atoms with Crippen LogP contribution in [-0.2, 0) is 7.05 Å². The number of nitrogens with zero attached hydrogens (tertiary/aromatic N) is 3. The first kappa shape index (κ1) is 13.3. The van der Waals surface area contributed by atoms with Crippen molar-refractivity contribution in [1.82, 2.24) is 14.7 Å². The molecule has 0 aromatic carbocycles. The van der Waals surface area contributed by atoms with E-state index in [0.29, 0.717) is 19.0 Å². The summed E-state index contributed by atoms with van der Waals surface area (Å²) in [6.45, 7) is 6.19. The van der Waals surface area contributed by atoms with Gasteiger partial charge in [0.25, 0.3) is 0 Å². The SMILES string of the molecule is Cn1nccc1OCCN(C(=O)O)C(C)(C)C. The molecule has 1 aromatic rings. The lowest BCUT2D eigenvalue weighted by atomic mass is 10.1. The first-order valence-electron chi connectivity index (χ1n) is 5.43. The fourth-order valence-electron chi connectivity index (χ4n) is 1.46. The summed E-state index contributed by atoms with van der Waals surface area (Å²) in [5.41, 5.74) is -0.429. The van der Waals surface area contributed by atoms with Crippen LogP contribution < -0.4 is 4.74 Å². The molecule has 0 unspecified atom stereocenters. The Kier molecular flexibility index (Phi) is 3.98. The molecule has 0 spiro atoms. The van der Waals surface area contributed by atoms with E-state index in [1.807, 2.05) is 20.8 Å². The van der Waals surface area contributed by atoms with Gasteiger partial charge in [-0.1, -0.05) is 0 Å². The Morgan fingerprint density at radius 1 is 1.59 bits per heavy atom.